The first kappa shape index (κ1) is 29.2. The van der Waals surface area contributed by atoms with E-state index in [-0.39, 0.29) is 77.1 Å². The predicted octanol–water partition coefficient (Wildman–Crippen LogP) is -7.44. The third kappa shape index (κ3) is 32.9. The van der Waals surface area contributed by atoms with Crippen LogP contribution in [-0.2, 0) is 4.57 Å². The first-order valence-corrected chi connectivity index (χ1v) is 3.80. The first-order chi connectivity index (χ1) is 3.06. The molecule has 0 aliphatic rings. The number of hydrogen-bond acceptors (Lipinski definition) is 3. The van der Waals surface area contributed by atoms with Gasteiger partial charge in [-0.05, 0) is 6.16 Å². The normalized spacial score (nSPS) is 7.55. The van der Waals surface area contributed by atoms with Gasteiger partial charge in [-0.3, -0.25) is 0 Å². The van der Waals surface area contributed by atoms with Crippen molar-refractivity contribution in [1.82, 2.24) is 0 Å². The summed E-state index contributed by atoms with van der Waals surface area (Å²) in [6.07, 6.45) is 0.206. The minimum Gasteiger partial charge on any atom is -1.00 e. The van der Waals surface area contributed by atoms with Crippen molar-refractivity contribution >= 4 is 53.7 Å². The standard InChI is InChI=1S/C3H9O3P.2ClH.2Mg/c1-2-3-7(4,5)6;;;;/h2-3H2,1H3,(H2,4,5,6);2*1H;;/q;;;2*+2/p-4. The Bertz CT molecular complexity index is 98.6. The quantitative estimate of drug-likeness (QED) is 0.356. The minimum atomic E-state index is -4.17. The van der Waals surface area contributed by atoms with Gasteiger partial charge in [-0.1, -0.05) is 20.9 Å². The van der Waals surface area contributed by atoms with Crippen molar-refractivity contribution in [2.24, 2.45) is 0 Å². The van der Waals surface area contributed by atoms with Crippen molar-refractivity contribution in [3.05, 3.63) is 0 Å². The van der Waals surface area contributed by atoms with Crippen LogP contribution in [0.1, 0.15) is 13.3 Å². The molecule has 0 aliphatic carbocycles. The van der Waals surface area contributed by atoms with Gasteiger partial charge in [0.15, 0.2) is 0 Å². The Morgan fingerprint density at radius 1 is 1.18 bits per heavy atom. The molecule has 0 aliphatic heterocycles. The summed E-state index contributed by atoms with van der Waals surface area (Å²) < 4.78 is 9.70. The van der Waals surface area contributed by atoms with E-state index in [2.05, 4.69) is 0 Å². The Kier molecular flexibility index (Phi) is 39.2. The predicted molar refractivity (Wildman–Crippen MR) is 34.3 cm³/mol. The Balaban J connectivity index is -0.0000000300. The van der Waals surface area contributed by atoms with E-state index in [1.165, 1.54) is 0 Å². The molecule has 0 bridgehead atoms. The largest absolute Gasteiger partial charge is 2.00 e. The summed E-state index contributed by atoms with van der Waals surface area (Å²) in [6, 6.07) is 0. The van der Waals surface area contributed by atoms with Gasteiger partial charge in [-0.15, -0.1) is 0 Å². The van der Waals surface area contributed by atoms with Crippen molar-refractivity contribution in [3.63, 3.8) is 0 Å². The molecule has 0 N–H and O–H groups in total. The Hall–Kier alpha value is 2.26. The molecule has 0 rings (SSSR count). The van der Waals surface area contributed by atoms with Gasteiger partial charge in [-0.2, -0.15) is 0 Å². The summed E-state index contributed by atoms with van der Waals surface area (Å²) in [5.41, 5.74) is 0. The van der Waals surface area contributed by atoms with Crippen LogP contribution < -0.4 is 34.6 Å². The van der Waals surface area contributed by atoms with Crippen LogP contribution in [0, 0.1) is 0 Å². The fourth-order valence-corrected chi connectivity index (χ4v) is 0.822. The van der Waals surface area contributed by atoms with Gasteiger partial charge in [0.1, 0.15) is 0 Å². The van der Waals surface area contributed by atoms with Crippen molar-refractivity contribution in [3.8, 4) is 0 Å². The van der Waals surface area contributed by atoms with E-state index in [1.807, 2.05) is 0 Å². The smallest absolute Gasteiger partial charge is 1.00 e. The van der Waals surface area contributed by atoms with Crippen LogP contribution in [-0.4, -0.2) is 52.3 Å². The van der Waals surface area contributed by atoms with Crippen LogP contribution in [0.3, 0.4) is 0 Å². The van der Waals surface area contributed by atoms with E-state index < -0.39 is 7.60 Å². The van der Waals surface area contributed by atoms with Crippen LogP contribution in [0.5, 0.6) is 0 Å². The number of rotatable bonds is 2. The average molecular weight is 242 g/mol. The molecule has 0 atom stereocenters. The fraction of sp³-hybridized carbons (Fsp3) is 1.00. The second kappa shape index (κ2) is 14.8. The minimum absolute atomic E-state index is 0. The molecule has 60 valence electrons. The van der Waals surface area contributed by atoms with Crippen LogP contribution in [0.15, 0.2) is 0 Å². The van der Waals surface area contributed by atoms with E-state index in [0.717, 1.165) is 0 Å². The molecule has 0 aromatic heterocycles. The zero-order valence-electron chi connectivity index (χ0n) is 6.26. The summed E-state index contributed by atoms with van der Waals surface area (Å²) >= 11 is 0. The summed E-state index contributed by atoms with van der Waals surface area (Å²) in [4.78, 5) is 19.4. The topological polar surface area (TPSA) is 63.2 Å². The molecule has 3 nitrogen and oxygen atoms in total. The van der Waals surface area contributed by atoms with E-state index in [0.29, 0.717) is 6.42 Å². The maximum atomic E-state index is 9.70. The van der Waals surface area contributed by atoms with E-state index >= 15 is 0 Å². The van der Waals surface area contributed by atoms with Crippen molar-refractivity contribution < 1.29 is 39.2 Å². The summed E-state index contributed by atoms with van der Waals surface area (Å²) in [5.74, 6) is 0. The van der Waals surface area contributed by atoms with Crippen LogP contribution in [0.4, 0.5) is 0 Å². The van der Waals surface area contributed by atoms with Gasteiger partial charge < -0.3 is 39.2 Å². The SMILES string of the molecule is CCCP(=O)([O-])[O-].[Cl-].[Cl-].[Mg+2].[Mg+2]. The molecule has 11 heavy (non-hydrogen) atoms. The molecular weight excluding hydrogens is 235 g/mol. The van der Waals surface area contributed by atoms with E-state index in [9.17, 15) is 14.4 Å². The zero-order chi connectivity index (χ0) is 5.91. The van der Waals surface area contributed by atoms with E-state index in [4.69, 9.17) is 0 Å². The van der Waals surface area contributed by atoms with Crippen molar-refractivity contribution in [1.29, 1.82) is 0 Å². The molecule has 0 saturated heterocycles. The van der Waals surface area contributed by atoms with Gasteiger partial charge >= 0.3 is 46.1 Å². The third-order valence-corrected chi connectivity index (χ3v) is 1.49. The Morgan fingerprint density at radius 2 is 1.45 bits per heavy atom. The second-order valence-corrected chi connectivity index (χ2v) is 3.00. The van der Waals surface area contributed by atoms with Crippen LogP contribution >= 0.6 is 7.60 Å². The maximum absolute atomic E-state index is 9.70. The fourth-order valence-electron chi connectivity index (χ4n) is 0.274. The summed E-state index contributed by atoms with van der Waals surface area (Å²) in [7, 11) is -4.17. The van der Waals surface area contributed by atoms with Gasteiger partial charge in [0.2, 0.25) is 0 Å². The second-order valence-electron chi connectivity index (χ2n) is 1.33. The zero-order valence-corrected chi connectivity index (χ0v) is 11.5. The van der Waals surface area contributed by atoms with Gasteiger partial charge in [0, 0.05) is 0 Å². The molecule has 0 unspecified atom stereocenters. The molecule has 0 amide bonds. The van der Waals surface area contributed by atoms with Gasteiger partial charge in [-0.25, -0.2) is 0 Å². The molecular formula is C3H7Cl2Mg2O3P. The summed E-state index contributed by atoms with van der Waals surface area (Å²) in [6.45, 7) is 1.66. The Labute approximate surface area is 111 Å². The molecule has 0 aromatic carbocycles. The van der Waals surface area contributed by atoms with Gasteiger partial charge in [0.05, 0.1) is 0 Å². The molecule has 0 saturated carbocycles. The number of hydrogen-bond donors (Lipinski definition) is 0. The molecule has 0 fully saturated rings. The summed E-state index contributed by atoms with van der Waals surface area (Å²) in [5, 5.41) is 0. The average Bonchev–Trinajstić information content (AvgIpc) is 1.30. The molecule has 8 heteroatoms. The first-order valence-electron chi connectivity index (χ1n) is 2.07. The van der Waals surface area contributed by atoms with Crippen molar-refractivity contribution in [2.75, 3.05) is 6.16 Å². The van der Waals surface area contributed by atoms with Crippen molar-refractivity contribution in [2.45, 2.75) is 13.3 Å². The maximum Gasteiger partial charge on any atom is 2.00 e. The molecule has 0 radical (unpaired) electrons. The third-order valence-electron chi connectivity index (χ3n) is 0.497. The Morgan fingerprint density at radius 3 is 1.45 bits per heavy atom. The van der Waals surface area contributed by atoms with Gasteiger partial charge in [0.25, 0.3) is 0 Å². The molecule has 0 aromatic rings. The van der Waals surface area contributed by atoms with Crippen LogP contribution in [0.2, 0.25) is 0 Å². The number of halogens is 2. The van der Waals surface area contributed by atoms with E-state index in [1.54, 1.807) is 6.92 Å². The molecule has 0 spiro atoms. The monoisotopic (exact) mass is 240 g/mol. The molecule has 0 heterocycles. The van der Waals surface area contributed by atoms with Crippen LogP contribution in [0.25, 0.3) is 0 Å².